The lowest BCUT2D eigenvalue weighted by Gasteiger charge is -2.07. The van der Waals surface area contributed by atoms with Gasteiger partial charge in [-0.15, -0.1) is 0 Å². The lowest BCUT2D eigenvalue weighted by Crippen LogP contribution is -2.14. The molecule has 14 heteroatoms. The van der Waals surface area contributed by atoms with Gasteiger partial charge in [0.2, 0.25) is 10.0 Å². The minimum atomic E-state index is -3.73. The van der Waals surface area contributed by atoms with Gasteiger partial charge >= 0.3 is 0 Å². The van der Waals surface area contributed by atoms with Crippen LogP contribution in [0.2, 0.25) is 0 Å². The fourth-order valence-electron chi connectivity index (χ4n) is 4.15. The van der Waals surface area contributed by atoms with Crippen LogP contribution in [-0.4, -0.2) is 47.0 Å². The van der Waals surface area contributed by atoms with Gasteiger partial charge in [0.25, 0.3) is 21.8 Å². The van der Waals surface area contributed by atoms with E-state index in [4.69, 9.17) is 10.4 Å². The second-order valence-electron chi connectivity index (χ2n) is 9.81. The van der Waals surface area contributed by atoms with Gasteiger partial charge in [-0.1, -0.05) is 72.8 Å². The van der Waals surface area contributed by atoms with Crippen molar-refractivity contribution in [3.8, 4) is 11.1 Å². The van der Waals surface area contributed by atoms with Gasteiger partial charge in [-0.2, -0.15) is 0 Å². The number of nitrogens with zero attached hydrogens (tertiary/aromatic N) is 2. The molecule has 47 heavy (non-hydrogen) atoms. The third-order valence-corrected chi connectivity index (χ3v) is 9.72. The summed E-state index contributed by atoms with van der Waals surface area (Å²) in [6.45, 7) is 0. The summed E-state index contributed by atoms with van der Waals surface area (Å²) in [6.07, 6.45) is 10.6. The number of nitrogens with one attached hydrogen (secondary N) is 2. The van der Waals surface area contributed by atoms with Crippen LogP contribution in [0.15, 0.2) is 139 Å². The third kappa shape index (κ3) is 9.48. The van der Waals surface area contributed by atoms with Crippen LogP contribution in [0.5, 0.6) is 0 Å². The molecule has 0 radical (unpaired) electrons. The van der Waals surface area contributed by atoms with E-state index in [1.165, 1.54) is 47.9 Å². The van der Waals surface area contributed by atoms with Crippen molar-refractivity contribution >= 4 is 44.0 Å². The molecule has 2 aromatic heterocycles. The summed E-state index contributed by atoms with van der Waals surface area (Å²) in [7, 11) is -7.23. The summed E-state index contributed by atoms with van der Waals surface area (Å²) in [5.41, 5.74) is 6.60. The lowest BCUT2D eigenvalue weighted by atomic mass is 10.1. The molecule has 2 heterocycles. The van der Waals surface area contributed by atoms with Crippen LogP contribution in [0.25, 0.3) is 23.3 Å². The third-order valence-electron chi connectivity index (χ3n) is 6.51. The van der Waals surface area contributed by atoms with E-state index in [0.29, 0.717) is 16.7 Å². The van der Waals surface area contributed by atoms with Gasteiger partial charge in [0.15, 0.2) is 0 Å². The van der Waals surface area contributed by atoms with Crippen LogP contribution in [-0.2, 0) is 35.4 Å². The zero-order chi connectivity index (χ0) is 33.9. The molecule has 3 aromatic carbocycles. The molecule has 0 aliphatic rings. The first-order valence-electron chi connectivity index (χ1n) is 13.8. The topological polar surface area (TPSA) is 177 Å². The Morgan fingerprint density at radius 1 is 0.617 bits per heavy atom. The molecule has 4 N–H and O–H groups in total. The maximum absolute atomic E-state index is 12.7. The summed E-state index contributed by atoms with van der Waals surface area (Å²) in [5, 5.41) is 16.8. The molecule has 5 rings (SSSR count). The lowest BCUT2D eigenvalue weighted by molar-refractivity contribution is -0.124. The number of hydrogen-bond acceptors (Lipinski definition) is 8. The second-order valence-corrected chi connectivity index (χ2v) is 13.5. The Morgan fingerprint density at radius 2 is 1.09 bits per heavy atom. The van der Waals surface area contributed by atoms with Gasteiger partial charge < -0.3 is 0 Å². The molecule has 0 saturated heterocycles. The molecule has 0 bridgehead atoms. The largest absolute Gasteiger partial charge is 0.288 e. The Morgan fingerprint density at radius 3 is 1.62 bits per heavy atom. The van der Waals surface area contributed by atoms with Crippen molar-refractivity contribution in [2.75, 3.05) is 0 Å². The van der Waals surface area contributed by atoms with Gasteiger partial charge in [-0.3, -0.25) is 24.0 Å². The van der Waals surface area contributed by atoms with Crippen LogP contribution in [0.4, 0.5) is 0 Å². The van der Waals surface area contributed by atoms with E-state index in [0.717, 1.165) is 31.2 Å². The van der Waals surface area contributed by atoms with Crippen LogP contribution in [0, 0.1) is 0 Å². The van der Waals surface area contributed by atoms with Crippen molar-refractivity contribution in [3.63, 3.8) is 0 Å². The first-order chi connectivity index (χ1) is 22.5. The molecule has 0 aliphatic heterocycles. The number of amides is 2. The number of aromatic nitrogens is 2. The molecule has 5 aromatic rings. The predicted molar refractivity (Wildman–Crippen MR) is 176 cm³/mol. The minimum absolute atomic E-state index is 0.108. The molecule has 0 saturated carbocycles. The molecule has 242 valence electrons. The van der Waals surface area contributed by atoms with E-state index in [1.807, 2.05) is 36.4 Å². The summed E-state index contributed by atoms with van der Waals surface area (Å²) in [6, 6.07) is 28.3. The van der Waals surface area contributed by atoms with Crippen LogP contribution in [0.3, 0.4) is 0 Å². The Hall–Kier alpha value is -5.54. The summed E-state index contributed by atoms with van der Waals surface area (Å²) >= 11 is 0. The second kappa shape index (κ2) is 15.6. The molecule has 0 atom stereocenters. The Kier molecular flexibility index (Phi) is 11.4. The Labute approximate surface area is 271 Å². The highest BCUT2D eigenvalue weighted by atomic mass is 32.2. The smallest absolute Gasteiger partial charge is 0.267 e. The van der Waals surface area contributed by atoms with Crippen molar-refractivity contribution in [3.05, 3.63) is 151 Å². The SMILES string of the molecule is O=C(/C=C/c1ccn(S(=O)(=O)c2ccc(-c3ccccc3)cc2)c1)NO.O=C(C=Cc1ccn(S(=O)(=O)Cc2ccccc2)c1)NO. The highest BCUT2D eigenvalue weighted by Gasteiger charge is 2.17. The standard InChI is InChI=1S/C19H16N2O4S.C14H14N2O4S/c22-19(20-23)11-6-15-12-13-21(14-15)26(24,25)18-9-7-17(8-10-18)16-4-2-1-3-5-16;17-14(15-18)7-6-12-8-9-16(10-12)21(19,20)11-13-4-2-1-3-5-13/h1-14,23H,(H,20,22);1-10,18H,11H2,(H,15,17)/b11-6+;. The molecule has 12 nitrogen and oxygen atoms in total. The molecule has 0 unspecified atom stereocenters. The van der Waals surface area contributed by atoms with Crippen LogP contribution >= 0.6 is 0 Å². The number of rotatable bonds is 10. The van der Waals surface area contributed by atoms with Crippen LogP contribution in [0.1, 0.15) is 16.7 Å². The zero-order valence-corrected chi connectivity index (χ0v) is 26.3. The Balaban J connectivity index is 0.000000218. The normalized spacial score (nSPS) is 11.6. The van der Waals surface area contributed by atoms with Gasteiger partial charge in [0.05, 0.1) is 10.6 Å². The van der Waals surface area contributed by atoms with Crippen molar-refractivity contribution in [1.29, 1.82) is 0 Å². The minimum Gasteiger partial charge on any atom is -0.288 e. The highest BCUT2D eigenvalue weighted by Crippen LogP contribution is 2.23. The van der Waals surface area contributed by atoms with E-state index in [2.05, 4.69) is 0 Å². The number of carbonyl (C=O) groups excluding carboxylic acids is 2. The van der Waals surface area contributed by atoms with Gasteiger partial charge in [0, 0.05) is 36.9 Å². The molecule has 0 spiro atoms. The number of benzene rings is 3. The zero-order valence-electron chi connectivity index (χ0n) is 24.6. The van der Waals surface area contributed by atoms with Gasteiger partial charge in [0.1, 0.15) is 0 Å². The average Bonchev–Trinajstić information content (AvgIpc) is 3.78. The number of hydroxylamine groups is 2. The van der Waals surface area contributed by atoms with Crippen molar-refractivity contribution in [2.45, 2.75) is 10.6 Å². The average molecular weight is 675 g/mol. The maximum Gasteiger partial charge on any atom is 0.267 e. The monoisotopic (exact) mass is 674 g/mol. The highest BCUT2D eigenvalue weighted by molar-refractivity contribution is 7.90. The molecule has 0 fully saturated rings. The van der Waals surface area contributed by atoms with Crippen LogP contribution < -0.4 is 11.0 Å². The molecular weight excluding hydrogens is 645 g/mol. The summed E-state index contributed by atoms with van der Waals surface area (Å²) in [5.74, 6) is -1.49. The quantitative estimate of drug-likeness (QED) is 0.0963. The molecule has 2 amide bonds. The fourth-order valence-corrected chi connectivity index (χ4v) is 6.65. The van der Waals surface area contributed by atoms with E-state index >= 15 is 0 Å². The summed E-state index contributed by atoms with van der Waals surface area (Å²) in [4.78, 5) is 22.0. The van der Waals surface area contributed by atoms with E-state index in [9.17, 15) is 26.4 Å². The first kappa shape index (κ1) is 34.3. The van der Waals surface area contributed by atoms with E-state index in [1.54, 1.807) is 60.7 Å². The van der Waals surface area contributed by atoms with Gasteiger partial charge in [-0.25, -0.2) is 31.8 Å². The van der Waals surface area contributed by atoms with E-state index in [-0.39, 0.29) is 10.6 Å². The number of hydrogen-bond donors (Lipinski definition) is 4. The van der Waals surface area contributed by atoms with E-state index < -0.39 is 31.9 Å². The fraction of sp³-hybridized carbons (Fsp3) is 0.0303. The van der Waals surface area contributed by atoms with Crippen molar-refractivity contribution < 1.29 is 36.8 Å². The Bertz CT molecular complexity index is 2090. The predicted octanol–water partition coefficient (Wildman–Crippen LogP) is 4.30. The molecular formula is C33H30N4O8S2. The van der Waals surface area contributed by atoms with Crippen molar-refractivity contribution in [1.82, 2.24) is 18.9 Å². The maximum atomic E-state index is 12.7. The van der Waals surface area contributed by atoms with Crippen molar-refractivity contribution in [2.24, 2.45) is 0 Å². The first-order valence-corrected chi connectivity index (χ1v) is 16.9. The molecule has 0 aliphatic carbocycles. The number of carbonyl (C=O) groups is 2. The van der Waals surface area contributed by atoms with Gasteiger partial charge in [-0.05, 0) is 64.2 Å². The summed E-state index contributed by atoms with van der Waals surface area (Å²) < 4.78 is 52.1.